The Labute approximate surface area is 105 Å². The third-order valence-corrected chi connectivity index (χ3v) is 5.09. The SMILES string of the molecule is CC1CNC2(CCCC2)CN1C1CC=CCC1. The molecule has 2 atom stereocenters. The number of nitrogens with one attached hydrogen (secondary N) is 1. The second-order valence-electron chi connectivity index (χ2n) is 6.33. The molecule has 17 heavy (non-hydrogen) atoms. The van der Waals surface area contributed by atoms with Crippen molar-refractivity contribution in [2.45, 2.75) is 69.5 Å². The first-order valence-electron chi connectivity index (χ1n) is 7.45. The van der Waals surface area contributed by atoms with Gasteiger partial charge >= 0.3 is 0 Å². The Morgan fingerprint density at radius 3 is 2.76 bits per heavy atom. The van der Waals surface area contributed by atoms with Gasteiger partial charge in [0.1, 0.15) is 0 Å². The topological polar surface area (TPSA) is 15.3 Å². The maximum Gasteiger partial charge on any atom is 0.0309 e. The molecule has 1 spiro atoms. The summed E-state index contributed by atoms with van der Waals surface area (Å²) in [6.07, 6.45) is 14.3. The van der Waals surface area contributed by atoms with Crippen molar-refractivity contribution in [2.24, 2.45) is 0 Å². The normalized spacial score (nSPS) is 37.7. The van der Waals surface area contributed by atoms with Crippen LogP contribution in [0.1, 0.15) is 51.9 Å². The van der Waals surface area contributed by atoms with Crippen LogP contribution in [0.5, 0.6) is 0 Å². The molecule has 1 saturated heterocycles. The van der Waals surface area contributed by atoms with E-state index in [2.05, 4.69) is 29.3 Å². The number of nitrogens with zero attached hydrogens (tertiary/aromatic N) is 1. The highest BCUT2D eigenvalue weighted by Crippen LogP contribution is 2.35. The summed E-state index contributed by atoms with van der Waals surface area (Å²) in [4.78, 5) is 2.81. The second kappa shape index (κ2) is 4.74. The van der Waals surface area contributed by atoms with Crippen LogP contribution in [-0.2, 0) is 0 Å². The summed E-state index contributed by atoms with van der Waals surface area (Å²) < 4.78 is 0. The van der Waals surface area contributed by atoms with Gasteiger partial charge in [-0.05, 0) is 39.0 Å². The van der Waals surface area contributed by atoms with Crippen LogP contribution in [0.15, 0.2) is 12.2 Å². The molecular weight excluding hydrogens is 208 g/mol. The van der Waals surface area contributed by atoms with Crippen LogP contribution in [0.3, 0.4) is 0 Å². The molecule has 3 aliphatic rings. The highest BCUT2D eigenvalue weighted by atomic mass is 15.3. The molecule has 0 amide bonds. The van der Waals surface area contributed by atoms with Crippen molar-refractivity contribution in [2.75, 3.05) is 13.1 Å². The van der Waals surface area contributed by atoms with E-state index in [-0.39, 0.29) is 0 Å². The lowest BCUT2D eigenvalue weighted by molar-refractivity contribution is 0.0467. The van der Waals surface area contributed by atoms with Crippen molar-refractivity contribution in [3.05, 3.63) is 12.2 Å². The van der Waals surface area contributed by atoms with Gasteiger partial charge < -0.3 is 5.32 Å². The molecule has 1 N–H and O–H groups in total. The van der Waals surface area contributed by atoms with Crippen molar-refractivity contribution >= 4 is 0 Å². The maximum absolute atomic E-state index is 3.85. The van der Waals surface area contributed by atoms with Crippen LogP contribution < -0.4 is 5.32 Å². The third-order valence-electron chi connectivity index (χ3n) is 5.09. The third kappa shape index (κ3) is 2.30. The molecule has 2 heteroatoms. The van der Waals surface area contributed by atoms with Crippen molar-refractivity contribution in [1.29, 1.82) is 0 Å². The molecule has 0 bridgehead atoms. The molecule has 1 heterocycles. The van der Waals surface area contributed by atoms with Crippen LogP contribution in [0.25, 0.3) is 0 Å². The largest absolute Gasteiger partial charge is 0.308 e. The first kappa shape index (κ1) is 11.7. The molecule has 0 aromatic carbocycles. The molecule has 3 rings (SSSR count). The molecule has 2 fully saturated rings. The summed E-state index contributed by atoms with van der Waals surface area (Å²) in [6, 6.07) is 1.53. The average Bonchev–Trinajstić information content (AvgIpc) is 2.82. The molecule has 1 aliphatic heterocycles. The van der Waals surface area contributed by atoms with Gasteiger partial charge in [-0.25, -0.2) is 0 Å². The molecule has 2 unspecified atom stereocenters. The van der Waals surface area contributed by atoms with Gasteiger partial charge in [-0.15, -0.1) is 0 Å². The van der Waals surface area contributed by atoms with Gasteiger partial charge in [-0.2, -0.15) is 0 Å². The van der Waals surface area contributed by atoms with E-state index >= 15 is 0 Å². The Kier molecular flexibility index (Phi) is 3.27. The fourth-order valence-corrected chi connectivity index (χ4v) is 4.00. The average molecular weight is 234 g/mol. The van der Waals surface area contributed by atoms with Gasteiger partial charge in [0, 0.05) is 30.7 Å². The van der Waals surface area contributed by atoms with Crippen molar-refractivity contribution < 1.29 is 0 Å². The summed E-state index contributed by atoms with van der Waals surface area (Å²) in [5, 5.41) is 3.85. The highest BCUT2D eigenvalue weighted by molar-refractivity contribution is 5.04. The molecule has 2 aliphatic carbocycles. The Bertz CT molecular complexity index is 291. The number of piperazine rings is 1. The van der Waals surface area contributed by atoms with E-state index in [1.165, 1.54) is 58.0 Å². The molecule has 96 valence electrons. The minimum absolute atomic E-state index is 0.480. The number of hydrogen-bond acceptors (Lipinski definition) is 2. The first-order chi connectivity index (χ1) is 8.29. The Balaban J connectivity index is 1.70. The monoisotopic (exact) mass is 234 g/mol. The van der Waals surface area contributed by atoms with E-state index in [0.717, 1.165) is 12.1 Å². The smallest absolute Gasteiger partial charge is 0.0309 e. The lowest BCUT2D eigenvalue weighted by Crippen LogP contribution is -2.64. The van der Waals surface area contributed by atoms with Crippen LogP contribution in [0.4, 0.5) is 0 Å². The van der Waals surface area contributed by atoms with E-state index in [0.29, 0.717) is 5.54 Å². The summed E-state index contributed by atoms with van der Waals surface area (Å²) in [5.74, 6) is 0. The summed E-state index contributed by atoms with van der Waals surface area (Å²) in [6.45, 7) is 4.89. The van der Waals surface area contributed by atoms with Crippen molar-refractivity contribution in [3.63, 3.8) is 0 Å². The molecule has 0 aromatic rings. The fourth-order valence-electron chi connectivity index (χ4n) is 4.00. The van der Waals surface area contributed by atoms with Gasteiger partial charge in [0.2, 0.25) is 0 Å². The van der Waals surface area contributed by atoms with E-state index < -0.39 is 0 Å². The molecule has 0 aromatic heterocycles. The highest BCUT2D eigenvalue weighted by Gasteiger charge is 2.41. The van der Waals surface area contributed by atoms with Crippen LogP contribution in [-0.4, -0.2) is 35.6 Å². The molecule has 0 radical (unpaired) electrons. The maximum atomic E-state index is 3.85. The zero-order valence-electron chi connectivity index (χ0n) is 11.1. The fraction of sp³-hybridized carbons (Fsp3) is 0.867. The standard InChI is InChI=1S/C15H26N2/c1-13-11-16-15(9-5-6-10-15)12-17(13)14-7-3-2-4-8-14/h2-3,13-14,16H,4-12H2,1H3. The lowest BCUT2D eigenvalue weighted by Gasteiger charge is -2.49. The molecular formula is C15H26N2. The number of allylic oxidation sites excluding steroid dienone is 1. The predicted octanol–water partition coefficient (Wildman–Crippen LogP) is 2.70. The van der Waals surface area contributed by atoms with Gasteiger partial charge in [0.15, 0.2) is 0 Å². The zero-order chi connectivity index (χ0) is 11.7. The van der Waals surface area contributed by atoms with Gasteiger partial charge in [-0.1, -0.05) is 25.0 Å². The number of rotatable bonds is 1. The van der Waals surface area contributed by atoms with Crippen LogP contribution in [0, 0.1) is 0 Å². The summed E-state index contributed by atoms with van der Waals surface area (Å²) in [5.41, 5.74) is 0.480. The van der Waals surface area contributed by atoms with Gasteiger partial charge in [0.05, 0.1) is 0 Å². The zero-order valence-corrected chi connectivity index (χ0v) is 11.1. The molecule has 2 nitrogen and oxygen atoms in total. The van der Waals surface area contributed by atoms with E-state index in [4.69, 9.17) is 0 Å². The summed E-state index contributed by atoms with van der Waals surface area (Å²) in [7, 11) is 0. The van der Waals surface area contributed by atoms with E-state index in [1.807, 2.05) is 0 Å². The minimum Gasteiger partial charge on any atom is -0.308 e. The van der Waals surface area contributed by atoms with E-state index in [9.17, 15) is 0 Å². The predicted molar refractivity (Wildman–Crippen MR) is 72.1 cm³/mol. The lowest BCUT2D eigenvalue weighted by atomic mass is 9.89. The van der Waals surface area contributed by atoms with Crippen LogP contribution >= 0.6 is 0 Å². The summed E-state index contributed by atoms with van der Waals surface area (Å²) >= 11 is 0. The van der Waals surface area contributed by atoms with Gasteiger partial charge in [0.25, 0.3) is 0 Å². The van der Waals surface area contributed by atoms with Gasteiger partial charge in [-0.3, -0.25) is 4.90 Å². The Hall–Kier alpha value is -0.340. The van der Waals surface area contributed by atoms with Crippen molar-refractivity contribution in [3.8, 4) is 0 Å². The number of hydrogen-bond donors (Lipinski definition) is 1. The quantitative estimate of drug-likeness (QED) is 0.702. The Morgan fingerprint density at radius 2 is 2.06 bits per heavy atom. The molecule has 1 saturated carbocycles. The van der Waals surface area contributed by atoms with Crippen LogP contribution in [0.2, 0.25) is 0 Å². The van der Waals surface area contributed by atoms with Crippen molar-refractivity contribution in [1.82, 2.24) is 10.2 Å². The Morgan fingerprint density at radius 1 is 1.24 bits per heavy atom. The minimum atomic E-state index is 0.480. The van der Waals surface area contributed by atoms with E-state index in [1.54, 1.807) is 0 Å². The second-order valence-corrected chi connectivity index (χ2v) is 6.33. The first-order valence-corrected chi connectivity index (χ1v) is 7.45.